The number of likely N-dealkylation sites (tertiary alicyclic amines) is 1. The van der Waals surface area contributed by atoms with Crippen LogP contribution in [0.4, 0.5) is 0 Å². The van der Waals surface area contributed by atoms with E-state index in [1.807, 2.05) is 0 Å². The van der Waals surface area contributed by atoms with Gasteiger partial charge in [-0.15, -0.1) is 0 Å². The van der Waals surface area contributed by atoms with Gasteiger partial charge in [-0.25, -0.2) is 8.42 Å². The van der Waals surface area contributed by atoms with E-state index < -0.39 is 16.1 Å². The largest absolute Gasteiger partial charge is 0.454 e. The van der Waals surface area contributed by atoms with Crippen molar-refractivity contribution in [2.75, 3.05) is 33.0 Å². The molecule has 11 heteroatoms. The number of carbonyl (C=O) groups is 2. The third kappa shape index (κ3) is 5.02. The Bertz CT molecular complexity index is 1240. The van der Waals surface area contributed by atoms with E-state index in [1.165, 1.54) is 16.4 Å². The van der Waals surface area contributed by atoms with Crippen LogP contribution in [0.2, 0.25) is 5.02 Å². The fourth-order valence-electron chi connectivity index (χ4n) is 4.98. The van der Waals surface area contributed by atoms with E-state index in [4.69, 9.17) is 21.1 Å². The number of piperidine rings is 1. The number of carbonyl (C=O) groups excluding carboxylic acids is 2. The molecule has 0 bridgehead atoms. The number of amides is 2. The molecule has 5 rings (SSSR count). The molecule has 1 N–H and O–H groups in total. The Kier molecular flexibility index (Phi) is 7.09. The second-order valence-electron chi connectivity index (χ2n) is 9.25. The second kappa shape index (κ2) is 10.3. The quantitative estimate of drug-likeness (QED) is 0.612. The highest BCUT2D eigenvalue weighted by atomic mass is 35.5. The molecule has 0 unspecified atom stereocenters. The topological polar surface area (TPSA) is 105 Å². The zero-order valence-electron chi connectivity index (χ0n) is 19.7. The van der Waals surface area contributed by atoms with E-state index in [0.29, 0.717) is 48.0 Å². The molecule has 3 aliphatic rings. The Labute approximate surface area is 215 Å². The number of sulfonamides is 1. The van der Waals surface area contributed by atoms with Gasteiger partial charge in [-0.1, -0.05) is 11.6 Å². The highest BCUT2D eigenvalue weighted by Gasteiger charge is 2.38. The van der Waals surface area contributed by atoms with E-state index in [1.54, 1.807) is 35.2 Å². The first-order chi connectivity index (χ1) is 17.3. The maximum absolute atomic E-state index is 13.5. The van der Waals surface area contributed by atoms with Crippen LogP contribution in [0.25, 0.3) is 0 Å². The minimum absolute atomic E-state index is 0.105. The molecule has 2 amide bonds. The Morgan fingerprint density at radius 3 is 2.31 bits per heavy atom. The Morgan fingerprint density at radius 1 is 0.944 bits per heavy atom. The standard InChI is InChI=1S/C25H28ClN3O6S/c26-19-4-6-20(7-5-19)36(32,33)29-13-9-17(10-14-29)23(25(31)28-11-1-2-12-28)27-24(30)18-3-8-21-22(15-18)35-16-34-21/h3-8,15,17,23H,1-2,9-14,16H2,(H,27,30)/t23-/m1/s1. The molecule has 1 atom stereocenters. The number of fused-ring (bicyclic) bond motifs is 1. The fraction of sp³-hybridized carbons (Fsp3) is 0.440. The molecule has 0 aromatic heterocycles. The van der Waals surface area contributed by atoms with Gasteiger partial charge in [0.2, 0.25) is 22.7 Å². The molecular formula is C25H28ClN3O6S. The maximum Gasteiger partial charge on any atom is 0.252 e. The minimum atomic E-state index is -3.67. The molecule has 3 aliphatic heterocycles. The van der Waals surface area contributed by atoms with Crippen LogP contribution >= 0.6 is 11.6 Å². The lowest BCUT2D eigenvalue weighted by molar-refractivity contribution is -0.133. The third-order valence-electron chi connectivity index (χ3n) is 7.03. The van der Waals surface area contributed by atoms with Gasteiger partial charge in [0.1, 0.15) is 6.04 Å². The van der Waals surface area contributed by atoms with Gasteiger partial charge in [0.05, 0.1) is 4.90 Å². The van der Waals surface area contributed by atoms with Gasteiger partial charge >= 0.3 is 0 Å². The summed E-state index contributed by atoms with van der Waals surface area (Å²) in [7, 11) is -3.67. The van der Waals surface area contributed by atoms with Crippen LogP contribution in [0, 0.1) is 5.92 Å². The van der Waals surface area contributed by atoms with Gasteiger partial charge in [-0.05, 0) is 74.1 Å². The molecule has 2 aromatic rings. The number of hydrogen-bond donors (Lipinski definition) is 1. The molecule has 3 heterocycles. The van der Waals surface area contributed by atoms with Crippen molar-refractivity contribution in [1.29, 1.82) is 0 Å². The molecule has 0 radical (unpaired) electrons. The summed E-state index contributed by atoms with van der Waals surface area (Å²) in [6.07, 6.45) is 2.79. The number of rotatable bonds is 6. The highest BCUT2D eigenvalue weighted by molar-refractivity contribution is 7.89. The van der Waals surface area contributed by atoms with Crippen molar-refractivity contribution in [3.05, 3.63) is 53.1 Å². The van der Waals surface area contributed by atoms with E-state index in [0.717, 1.165) is 12.8 Å². The summed E-state index contributed by atoms with van der Waals surface area (Å²) in [5.74, 6) is 0.395. The van der Waals surface area contributed by atoms with Crippen LogP contribution in [0.5, 0.6) is 11.5 Å². The fourth-order valence-corrected chi connectivity index (χ4v) is 6.58. The Morgan fingerprint density at radius 2 is 1.61 bits per heavy atom. The number of halogens is 1. The van der Waals surface area contributed by atoms with E-state index in [9.17, 15) is 18.0 Å². The van der Waals surface area contributed by atoms with Gasteiger partial charge in [0, 0.05) is 36.8 Å². The summed E-state index contributed by atoms with van der Waals surface area (Å²) < 4.78 is 38.3. The van der Waals surface area contributed by atoms with Crippen molar-refractivity contribution in [2.45, 2.75) is 36.6 Å². The first-order valence-electron chi connectivity index (χ1n) is 12.1. The molecule has 0 spiro atoms. The van der Waals surface area contributed by atoms with E-state index >= 15 is 0 Å². The average molecular weight is 534 g/mol. The van der Waals surface area contributed by atoms with E-state index in [2.05, 4.69) is 5.32 Å². The lowest BCUT2D eigenvalue weighted by Gasteiger charge is -2.36. The number of ether oxygens (including phenoxy) is 2. The SMILES string of the molecule is O=C(N[C@@H](C(=O)N1CCCC1)C1CCN(S(=O)(=O)c2ccc(Cl)cc2)CC1)c1ccc2c(c1)OCO2. The number of benzene rings is 2. The molecule has 192 valence electrons. The number of nitrogens with zero attached hydrogens (tertiary/aromatic N) is 2. The summed E-state index contributed by atoms with van der Waals surface area (Å²) in [5, 5.41) is 3.42. The first kappa shape index (κ1) is 24.9. The van der Waals surface area contributed by atoms with Crippen LogP contribution in [-0.4, -0.2) is 68.5 Å². The van der Waals surface area contributed by atoms with Gasteiger partial charge < -0.3 is 19.7 Å². The van der Waals surface area contributed by atoms with Crippen molar-refractivity contribution in [2.24, 2.45) is 5.92 Å². The van der Waals surface area contributed by atoms with Gasteiger partial charge in [0.15, 0.2) is 11.5 Å². The van der Waals surface area contributed by atoms with Crippen molar-refractivity contribution in [3.63, 3.8) is 0 Å². The van der Waals surface area contributed by atoms with Gasteiger partial charge in [-0.3, -0.25) is 9.59 Å². The van der Waals surface area contributed by atoms with Crippen molar-refractivity contribution in [3.8, 4) is 11.5 Å². The normalized spacial score (nSPS) is 19.3. The molecule has 0 saturated carbocycles. The van der Waals surface area contributed by atoms with Gasteiger partial charge in [-0.2, -0.15) is 4.31 Å². The van der Waals surface area contributed by atoms with Crippen molar-refractivity contribution < 1.29 is 27.5 Å². The monoisotopic (exact) mass is 533 g/mol. The highest BCUT2D eigenvalue weighted by Crippen LogP contribution is 2.33. The maximum atomic E-state index is 13.5. The van der Waals surface area contributed by atoms with Crippen molar-refractivity contribution in [1.82, 2.24) is 14.5 Å². The second-order valence-corrected chi connectivity index (χ2v) is 11.6. The van der Waals surface area contributed by atoms with Crippen LogP contribution in [-0.2, 0) is 14.8 Å². The van der Waals surface area contributed by atoms with E-state index in [-0.39, 0.29) is 42.5 Å². The molecule has 2 aromatic carbocycles. The smallest absolute Gasteiger partial charge is 0.252 e. The summed E-state index contributed by atoms with van der Waals surface area (Å²) in [6.45, 7) is 1.96. The summed E-state index contributed by atoms with van der Waals surface area (Å²) >= 11 is 5.91. The summed E-state index contributed by atoms with van der Waals surface area (Å²) in [4.78, 5) is 28.6. The molecule has 0 aliphatic carbocycles. The average Bonchev–Trinajstić information content (AvgIpc) is 3.59. The predicted octanol–water partition coefficient (Wildman–Crippen LogP) is 2.89. The molecular weight excluding hydrogens is 506 g/mol. The van der Waals surface area contributed by atoms with Gasteiger partial charge in [0.25, 0.3) is 5.91 Å². The number of nitrogens with one attached hydrogen (secondary N) is 1. The first-order valence-corrected chi connectivity index (χ1v) is 13.9. The Hall–Kier alpha value is -2.82. The lowest BCUT2D eigenvalue weighted by Crippen LogP contribution is -2.54. The molecule has 2 fully saturated rings. The third-order valence-corrected chi connectivity index (χ3v) is 9.19. The summed E-state index contributed by atoms with van der Waals surface area (Å²) in [6, 6.07) is 10.3. The zero-order chi connectivity index (χ0) is 25.3. The molecule has 36 heavy (non-hydrogen) atoms. The summed E-state index contributed by atoms with van der Waals surface area (Å²) in [5.41, 5.74) is 0.376. The van der Waals surface area contributed by atoms with Crippen LogP contribution in [0.1, 0.15) is 36.0 Å². The van der Waals surface area contributed by atoms with Crippen LogP contribution < -0.4 is 14.8 Å². The molecule has 9 nitrogen and oxygen atoms in total. The van der Waals surface area contributed by atoms with Crippen LogP contribution in [0.15, 0.2) is 47.4 Å². The lowest BCUT2D eigenvalue weighted by atomic mass is 9.89. The molecule has 2 saturated heterocycles. The predicted molar refractivity (Wildman–Crippen MR) is 133 cm³/mol. The van der Waals surface area contributed by atoms with Crippen molar-refractivity contribution >= 4 is 33.4 Å². The minimum Gasteiger partial charge on any atom is -0.454 e. The van der Waals surface area contributed by atoms with Crippen LogP contribution in [0.3, 0.4) is 0 Å². The Balaban J connectivity index is 1.31. The number of hydrogen-bond acceptors (Lipinski definition) is 6. The zero-order valence-corrected chi connectivity index (χ0v) is 21.3.